The number of para-hydroxylation sites is 1. The molecule has 1 amide bonds. The van der Waals surface area contributed by atoms with Gasteiger partial charge in [-0.2, -0.15) is 0 Å². The molecular weight excluding hydrogens is 384 g/mol. The van der Waals surface area contributed by atoms with Gasteiger partial charge in [-0.05, 0) is 85.5 Å². The summed E-state index contributed by atoms with van der Waals surface area (Å²) in [6, 6.07) is 13.4. The van der Waals surface area contributed by atoms with E-state index in [2.05, 4.69) is 0 Å². The first-order valence-electron chi connectivity index (χ1n) is 9.78. The van der Waals surface area contributed by atoms with Crippen LogP contribution in [0.15, 0.2) is 52.4 Å². The van der Waals surface area contributed by atoms with E-state index in [0.717, 1.165) is 41.8 Å². The van der Waals surface area contributed by atoms with Crippen LogP contribution in [0, 0.1) is 13.8 Å². The van der Waals surface area contributed by atoms with Gasteiger partial charge in [0.05, 0.1) is 23.2 Å². The molecule has 0 aromatic heterocycles. The van der Waals surface area contributed by atoms with Crippen molar-refractivity contribution < 1.29 is 14.6 Å². The Hall–Kier alpha value is -2.57. The third-order valence-corrected chi connectivity index (χ3v) is 6.10. The van der Waals surface area contributed by atoms with Crippen molar-refractivity contribution in [2.24, 2.45) is 4.99 Å². The lowest BCUT2D eigenvalue weighted by Crippen LogP contribution is -2.36. The molecule has 2 saturated heterocycles. The Morgan fingerprint density at radius 2 is 1.97 bits per heavy atom. The van der Waals surface area contributed by atoms with E-state index in [9.17, 15) is 9.90 Å². The van der Waals surface area contributed by atoms with Crippen LogP contribution in [-0.4, -0.2) is 40.3 Å². The lowest BCUT2D eigenvalue weighted by molar-refractivity contribution is -0.123. The Labute approximate surface area is 175 Å². The van der Waals surface area contributed by atoms with Crippen molar-refractivity contribution in [3.63, 3.8) is 0 Å². The van der Waals surface area contributed by atoms with Gasteiger partial charge in [-0.25, -0.2) is 4.99 Å². The van der Waals surface area contributed by atoms with Crippen LogP contribution in [0.4, 0.5) is 5.69 Å². The first-order valence-corrected chi connectivity index (χ1v) is 10.6. The molecule has 4 rings (SSSR count). The van der Waals surface area contributed by atoms with Crippen molar-refractivity contribution in [1.29, 1.82) is 0 Å². The smallest absolute Gasteiger partial charge is 0.266 e. The highest BCUT2D eigenvalue weighted by molar-refractivity contribution is 8.18. The monoisotopic (exact) mass is 408 g/mol. The highest BCUT2D eigenvalue weighted by Crippen LogP contribution is 2.36. The second kappa shape index (κ2) is 8.43. The van der Waals surface area contributed by atoms with Crippen LogP contribution in [0.25, 0.3) is 6.08 Å². The molecule has 0 radical (unpaired) electrons. The summed E-state index contributed by atoms with van der Waals surface area (Å²) >= 11 is 1.39. The third-order valence-electron chi connectivity index (χ3n) is 5.09. The number of hydrogen-bond acceptors (Lipinski definition) is 5. The first kappa shape index (κ1) is 19.7. The van der Waals surface area contributed by atoms with E-state index in [1.54, 1.807) is 4.90 Å². The first-order chi connectivity index (χ1) is 14.0. The molecule has 150 valence electrons. The Morgan fingerprint density at radius 1 is 1.24 bits per heavy atom. The molecule has 0 bridgehead atoms. The van der Waals surface area contributed by atoms with Crippen LogP contribution in [0.1, 0.15) is 29.5 Å². The number of nitrogens with zero attached hydrogens (tertiary/aromatic N) is 2. The molecular formula is C23H24N2O3S. The molecule has 0 saturated carbocycles. The number of ether oxygens (including phenoxy) is 1. The summed E-state index contributed by atoms with van der Waals surface area (Å²) in [6.07, 6.45) is 3.92. The summed E-state index contributed by atoms with van der Waals surface area (Å²) in [5.41, 5.74) is 3.30. The molecule has 0 spiro atoms. The van der Waals surface area contributed by atoms with Crippen molar-refractivity contribution in [3.8, 4) is 5.75 Å². The maximum absolute atomic E-state index is 13.2. The van der Waals surface area contributed by atoms with E-state index >= 15 is 0 Å². The number of carbonyl (C=O) groups is 1. The molecule has 2 aliphatic rings. The minimum Gasteiger partial charge on any atom is -0.507 e. The summed E-state index contributed by atoms with van der Waals surface area (Å²) in [4.78, 5) is 20.3. The van der Waals surface area contributed by atoms with E-state index in [-0.39, 0.29) is 12.0 Å². The quantitative estimate of drug-likeness (QED) is 0.739. The van der Waals surface area contributed by atoms with E-state index < -0.39 is 0 Å². The van der Waals surface area contributed by atoms with Crippen LogP contribution < -0.4 is 0 Å². The van der Waals surface area contributed by atoms with Gasteiger partial charge in [-0.1, -0.05) is 18.2 Å². The number of aliphatic imine (C=N–C) groups is 1. The number of carbonyl (C=O) groups excluding carboxylic acids is 1. The Bertz CT molecular complexity index is 956. The number of rotatable bonds is 4. The fourth-order valence-electron chi connectivity index (χ4n) is 3.58. The van der Waals surface area contributed by atoms with E-state index in [4.69, 9.17) is 9.73 Å². The molecule has 5 nitrogen and oxygen atoms in total. The molecule has 2 aromatic rings. The number of phenols is 1. The highest BCUT2D eigenvalue weighted by atomic mass is 32.2. The average Bonchev–Trinajstić information content (AvgIpc) is 3.31. The highest BCUT2D eigenvalue weighted by Gasteiger charge is 2.35. The second-order valence-electron chi connectivity index (χ2n) is 7.39. The van der Waals surface area contributed by atoms with Crippen LogP contribution >= 0.6 is 11.8 Å². The molecule has 2 aromatic carbocycles. The van der Waals surface area contributed by atoms with Crippen molar-refractivity contribution in [2.45, 2.75) is 32.8 Å². The van der Waals surface area contributed by atoms with E-state index in [0.29, 0.717) is 22.4 Å². The Kier molecular flexibility index (Phi) is 5.74. The van der Waals surface area contributed by atoms with Crippen LogP contribution in [0.3, 0.4) is 0 Å². The standard InChI is InChI=1S/C23H24N2O3S/c1-15-11-17(12-16(2)21(15)26)13-20-22(27)25(14-19-9-6-10-28-19)23(29-20)24-18-7-4-3-5-8-18/h3-5,7-8,11-13,19,26H,6,9-10,14H2,1-2H3. The number of aryl methyl sites for hydroxylation is 2. The number of benzene rings is 2. The zero-order valence-electron chi connectivity index (χ0n) is 16.6. The fraction of sp³-hybridized carbons (Fsp3) is 0.304. The molecule has 1 N–H and O–H groups in total. The van der Waals surface area contributed by atoms with Gasteiger partial charge in [0.2, 0.25) is 0 Å². The number of thioether (sulfide) groups is 1. The maximum Gasteiger partial charge on any atom is 0.266 e. The Balaban J connectivity index is 1.67. The number of amidine groups is 1. The van der Waals surface area contributed by atoms with E-state index in [1.807, 2.05) is 62.4 Å². The molecule has 2 heterocycles. The molecule has 29 heavy (non-hydrogen) atoms. The summed E-state index contributed by atoms with van der Waals surface area (Å²) in [5.74, 6) is 0.243. The van der Waals surface area contributed by atoms with Gasteiger partial charge in [0.1, 0.15) is 5.75 Å². The number of phenolic OH excluding ortho intramolecular Hbond substituents is 1. The van der Waals surface area contributed by atoms with Crippen LogP contribution in [-0.2, 0) is 9.53 Å². The minimum absolute atomic E-state index is 0.0523. The lowest BCUT2D eigenvalue weighted by Gasteiger charge is -2.19. The largest absolute Gasteiger partial charge is 0.507 e. The fourth-order valence-corrected chi connectivity index (χ4v) is 4.59. The number of aromatic hydroxyl groups is 1. The molecule has 2 aliphatic heterocycles. The van der Waals surface area contributed by atoms with Crippen molar-refractivity contribution in [3.05, 3.63) is 64.1 Å². The molecule has 2 fully saturated rings. The van der Waals surface area contributed by atoms with Gasteiger partial charge >= 0.3 is 0 Å². The maximum atomic E-state index is 13.2. The molecule has 6 heteroatoms. The number of hydrogen-bond donors (Lipinski definition) is 1. The molecule has 1 unspecified atom stereocenters. The normalized spacial score (nSPS) is 22.2. The van der Waals surface area contributed by atoms with Gasteiger partial charge in [0, 0.05) is 6.61 Å². The van der Waals surface area contributed by atoms with Crippen LogP contribution in [0.5, 0.6) is 5.75 Å². The van der Waals surface area contributed by atoms with E-state index in [1.165, 1.54) is 11.8 Å². The van der Waals surface area contributed by atoms with Gasteiger partial charge < -0.3 is 9.84 Å². The van der Waals surface area contributed by atoms with Crippen molar-refractivity contribution >= 4 is 34.6 Å². The van der Waals surface area contributed by atoms with Crippen molar-refractivity contribution in [2.75, 3.05) is 13.2 Å². The SMILES string of the molecule is Cc1cc(C=C2SC(=Nc3ccccc3)N(CC3CCCO3)C2=O)cc(C)c1O. The topological polar surface area (TPSA) is 62.1 Å². The second-order valence-corrected chi connectivity index (χ2v) is 8.40. The number of amides is 1. The third kappa shape index (κ3) is 4.38. The van der Waals surface area contributed by atoms with Gasteiger partial charge in [0.15, 0.2) is 5.17 Å². The van der Waals surface area contributed by atoms with Crippen molar-refractivity contribution in [1.82, 2.24) is 4.90 Å². The molecule has 1 atom stereocenters. The summed E-state index contributed by atoms with van der Waals surface area (Å²) in [5, 5.41) is 10.7. The van der Waals surface area contributed by atoms with Crippen LogP contribution in [0.2, 0.25) is 0 Å². The lowest BCUT2D eigenvalue weighted by atomic mass is 10.1. The zero-order valence-corrected chi connectivity index (χ0v) is 17.4. The van der Waals surface area contributed by atoms with Gasteiger partial charge in [0.25, 0.3) is 5.91 Å². The van der Waals surface area contributed by atoms with Gasteiger partial charge in [-0.15, -0.1) is 0 Å². The average molecular weight is 409 g/mol. The summed E-state index contributed by atoms with van der Waals surface area (Å²) in [6.45, 7) is 4.99. The zero-order chi connectivity index (χ0) is 20.4. The Morgan fingerprint density at radius 3 is 2.62 bits per heavy atom. The minimum atomic E-state index is -0.0523. The predicted octanol–water partition coefficient (Wildman–Crippen LogP) is 4.79. The summed E-state index contributed by atoms with van der Waals surface area (Å²) in [7, 11) is 0. The predicted molar refractivity (Wildman–Crippen MR) is 117 cm³/mol. The van der Waals surface area contributed by atoms with Gasteiger partial charge in [-0.3, -0.25) is 9.69 Å². The molecule has 0 aliphatic carbocycles. The summed E-state index contributed by atoms with van der Waals surface area (Å²) < 4.78 is 5.75.